The maximum absolute atomic E-state index is 12.8. The summed E-state index contributed by atoms with van der Waals surface area (Å²) in [6, 6.07) is 4.06. The minimum absolute atomic E-state index is 0.0772. The van der Waals surface area contributed by atoms with Gasteiger partial charge in [-0.05, 0) is 64.1 Å². The summed E-state index contributed by atoms with van der Waals surface area (Å²) in [6.45, 7) is 4.90. The molecule has 2 atom stereocenters. The molecule has 0 bridgehead atoms. The van der Waals surface area contributed by atoms with Gasteiger partial charge in [-0.25, -0.2) is 0 Å². The van der Waals surface area contributed by atoms with E-state index in [0.29, 0.717) is 28.9 Å². The Balaban J connectivity index is 1.38. The monoisotopic (exact) mass is 388 g/mol. The van der Waals surface area contributed by atoms with Crippen LogP contribution in [-0.2, 0) is 6.42 Å². The first kappa shape index (κ1) is 18.8. The number of hydrogen-bond donors (Lipinski definition) is 1. The third-order valence-electron chi connectivity index (χ3n) is 5.99. The molecular weight excluding hydrogens is 360 g/mol. The molecule has 1 saturated heterocycles. The Morgan fingerprint density at radius 2 is 2.22 bits per heavy atom. The van der Waals surface area contributed by atoms with E-state index >= 15 is 0 Å². The molecule has 0 aromatic heterocycles. The lowest BCUT2D eigenvalue weighted by Gasteiger charge is -2.27. The topological polar surface area (TPSA) is 41.6 Å². The quantitative estimate of drug-likeness (QED) is 0.762. The average Bonchev–Trinajstić information content (AvgIpc) is 3.25. The normalized spacial score (nSPS) is 25.0. The van der Waals surface area contributed by atoms with Crippen molar-refractivity contribution in [1.82, 2.24) is 10.2 Å². The summed E-state index contributed by atoms with van der Waals surface area (Å²) in [5, 5.41) is 3.74. The van der Waals surface area contributed by atoms with Gasteiger partial charge in [-0.1, -0.05) is 23.3 Å². The number of amides is 1. The van der Waals surface area contributed by atoms with E-state index in [1.807, 2.05) is 13.0 Å². The Labute approximate surface area is 166 Å². The van der Waals surface area contributed by atoms with Gasteiger partial charge in [0, 0.05) is 36.1 Å². The zero-order valence-corrected chi connectivity index (χ0v) is 16.9. The number of allylic oxidation sites excluding steroid dienone is 1. The van der Waals surface area contributed by atoms with Gasteiger partial charge in [-0.15, -0.1) is 0 Å². The van der Waals surface area contributed by atoms with Gasteiger partial charge >= 0.3 is 0 Å². The number of benzene rings is 1. The van der Waals surface area contributed by atoms with Crippen LogP contribution in [0, 0.1) is 0 Å². The van der Waals surface area contributed by atoms with E-state index in [4.69, 9.17) is 16.3 Å². The number of nitrogens with one attached hydrogen (secondary N) is 1. The maximum atomic E-state index is 12.8. The lowest BCUT2D eigenvalue weighted by Crippen LogP contribution is -2.41. The van der Waals surface area contributed by atoms with Crippen molar-refractivity contribution in [2.45, 2.75) is 64.0 Å². The Kier molecular flexibility index (Phi) is 5.74. The molecule has 1 aromatic rings. The summed E-state index contributed by atoms with van der Waals surface area (Å²) in [5.41, 5.74) is 3.18. The van der Waals surface area contributed by atoms with Crippen LogP contribution in [0.15, 0.2) is 23.8 Å². The Morgan fingerprint density at radius 3 is 3.04 bits per heavy atom. The summed E-state index contributed by atoms with van der Waals surface area (Å²) in [7, 11) is 0. The van der Waals surface area contributed by atoms with Crippen LogP contribution in [0.2, 0.25) is 5.02 Å². The zero-order chi connectivity index (χ0) is 18.8. The summed E-state index contributed by atoms with van der Waals surface area (Å²) >= 11 is 6.23. The molecule has 0 saturated carbocycles. The molecule has 1 fully saturated rings. The minimum Gasteiger partial charge on any atom is -0.489 e. The highest BCUT2D eigenvalue weighted by molar-refractivity contribution is 6.31. The van der Waals surface area contributed by atoms with Gasteiger partial charge in [0.2, 0.25) is 0 Å². The van der Waals surface area contributed by atoms with Crippen molar-refractivity contribution < 1.29 is 9.53 Å². The number of halogens is 1. The van der Waals surface area contributed by atoms with E-state index in [1.54, 1.807) is 11.6 Å². The highest BCUT2D eigenvalue weighted by atomic mass is 35.5. The standard InChI is InChI=1S/C22H29ClN2O2/c1-15-10-17-11-18(23)12-20(21(17)27-15)22(26)24-13-19-8-5-9-25(19)14-16-6-3-2-4-7-16/h6,11-12,15,19H,2-5,7-10,13-14H2,1H3,(H,24,26). The smallest absolute Gasteiger partial charge is 0.255 e. The first-order valence-corrected chi connectivity index (χ1v) is 10.7. The fourth-order valence-corrected chi connectivity index (χ4v) is 4.85. The van der Waals surface area contributed by atoms with E-state index in [1.165, 1.54) is 32.1 Å². The molecule has 2 unspecified atom stereocenters. The van der Waals surface area contributed by atoms with Crippen LogP contribution >= 0.6 is 11.6 Å². The van der Waals surface area contributed by atoms with Gasteiger partial charge in [0.1, 0.15) is 11.9 Å². The summed E-state index contributed by atoms with van der Waals surface area (Å²) in [5.74, 6) is 0.631. The second-order valence-corrected chi connectivity index (χ2v) is 8.60. The minimum atomic E-state index is -0.0772. The molecule has 27 heavy (non-hydrogen) atoms. The molecular formula is C22H29ClN2O2. The Hall–Kier alpha value is -1.52. The number of carbonyl (C=O) groups is 1. The second-order valence-electron chi connectivity index (χ2n) is 8.16. The number of rotatable bonds is 5. The highest BCUT2D eigenvalue weighted by Crippen LogP contribution is 2.35. The predicted octanol–water partition coefficient (Wildman–Crippen LogP) is 4.36. The molecule has 1 amide bonds. The molecule has 1 aliphatic carbocycles. The number of carbonyl (C=O) groups excluding carboxylic acids is 1. The molecule has 4 nitrogen and oxygen atoms in total. The molecule has 146 valence electrons. The van der Waals surface area contributed by atoms with Gasteiger partial charge in [-0.3, -0.25) is 9.69 Å². The van der Waals surface area contributed by atoms with Gasteiger partial charge in [0.25, 0.3) is 5.91 Å². The first-order valence-electron chi connectivity index (χ1n) is 10.3. The third kappa shape index (κ3) is 4.33. The van der Waals surface area contributed by atoms with Crippen molar-refractivity contribution in [3.8, 4) is 5.75 Å². The van der Waals surface area contributed by atoms with Gasteiger partial charge in [0.15, 0.2) is 0 Å². The van der Waals surface area contributed by atoms with Gasteiger partial charge < -0.3 is 10.1 Å². The maximum Gasteiger partial charge on any atom is 0.255 e. The predicted molar refractivity (Wildman–Crippen MR) is 109 cm³/mol. The SMILES string of the molecule is CC1Cc2cc(Cl)cc(C(=O)NCC3CCCN3CC3=CCCCC3)c2O1. The average molecular weight is 389 g/mol. The Morgan fingerprint density at radius 1 is 1.33 bits per heavy atom. The molecule has 0 radical (unpaired) electrons. The lowest BCUT2D eigenvalue weighted by molar-refractivity contribution is 0.0937. The second kappa shape index (κ2) is 8.24. The molecule has 0 spiro atoms. The van der Waals surface area contributed by atoms with E-state index in [2.05, 4.69) is 16.3 Å². The summed E-state index contributed by atoms with van der Waals surface area (Å²) in [4.78, 5) is 15.4. The summed E-state index contributed by atoms with van der Waals surface area (Å²) < 4.78 is 5.87. The highest BCUT2D eigenvalue weighted by Gasteiger charge is 2.28. The Bertz CT molecular complexity index is 746. The van der Waals surface area contributed by atoms with Crippen LogP contribution in [0.25, 0.3) is 0 Å². The van der Waals surface area contributed by atoms with E-state index < -0.39 is 0 Å². The van der Waals surface area contributed by atoms with Crippen LogP contribution in [-0.4, -0.2) is 42.6 Å². The molecule has 4 rings (SSSR count). The van der Waals surface area contributed by atoms with Crippen LogP contribution in [0.1, 0.15) is 61.4 Å². The van der Waals surface area contributed by atoms with Crippen LogP contribution in [0.4, 0.5) is 0 Å². The third-order valence-corrected chi connectivity index (χ3v) is 6.21. The van der Waals surface area contributed by atoms with E-state index in [9.17, 15) is 4.79 Å². The molecule has 2 aliphatic heterocycles. The fraction of sp³-hybridized carbons (Fsp3) is 0.591. The fourth-order valence-electron chi connectivity index (χ4n) is 4.61. The number of ether oxygens (including phenoxy) is 1. The van der Waals surface area contributed by atoms with E-state index in [0.717, 1.165) is 31.5 Å². The van der Waals surface area contributed by atoms with Crippen molar-refractivity contribution in [3.05, 3.63) is 39.9 Å². The molecule has 2 heterocycles. The number of hydrogen-bond acceptors (Lipinski definition) is 3. The number of likely N-dealkylation sites (tertiary alicyclic amines) is 1. The van der Waals surface area contributed by atoms with Crippen LogP contribution in [0.5, 0.6) is 5.75 Å². The lowest BCUT2D eigenvalue weighted by atomic mass is 9.99. The van der Waals surface area contributed by atoms with Crippen molar-refractivity contribution in [3.63, 3.8) is 0 Å². The molecule has 5 heteroatoms. The molecule has 3 aliphatic rings. The van der Waals surface area contributed by atoms with Crippen LogP contribution in [0.3, 0.4) is 0 Å². The molecule has 1 aromatic carbocycles. The zero-order valence-electron chi connectivity index (χ0n) is 16.1. The van der Waals surface area contributed by atoms with Crippen molar-refractivity contribution in [2.75, 3.05) is 19.6 Å². The largest absolute Gasteiger partial charge is 0.489 e. The number of nitrogens with zero attached hydrogens (tertiary/aromatic N) is 1. The van der Waals surface area contributed by atoms with Crippen molar-refractivity contribution in [1.29, 1.82) is 0 Å². The van der Waals surface area contributed by atoms with Gasteiger partial charge in [0.05, 0.1) is 5.56 Å². The molecule has 1 N–H and O–H groups in total. The van der Waals surface area contributed by atoms with E-state index in [-0.39, 0.29) is 12.0 Å². The van der Waals surface area contributed by atoms with Crippen LogP contribution < -0.4 is 10.1 Å². The van der Waals surface area contributed by atoms with Crippen molar-refractivity contribution in [2.24, 2.45) is 0 Å². The first-order chi connectivity index (χ1) is 13.1. The summed E-state index contributed by atoms with van der Waals surface area (Å²) in [6.07, 6.45) is 10.8. The van der Waals surface area contributed by atoms with Crippen molar-refractivity contribution >= 4 is 17.5 Å². The van der Waals surface area contributed by atoms with Gasteiger partial charge in [-0.2, -0.15) is 0 Å². The number of fused-ring (bicyclic) bond motifs is 1.